The number of fused-ring (bicyclic) bond motifs is 2. The van der Waals surface area contributed by atoms with E-state index in [1.54, 1.807) is 11.3 Å². The van der Waals surface area contributed by atoms with Gasteiger partial charge in [-0.05, 0) is 75.6 Å². The summed E-state index contributed by atoms with van der Waals surface area (Å²) >= 11 is 1.78. The highest BCUT2D eigenvalue weighted by atomic mass is 32.1. The number of anilines is 3. The standard InChI is InChI=1S/C31H21NOS/c33-21-22-10-11-26-19-27(13-12-25(26)18-22)30-16-17-31(34-30)32(28-8-2-1-3-9-28)29-15-14-23-6-4-5-7-24(23)20-29/h1-21H. The number of rotatable bonds is 5. The smallest absolute Gasteiger partial charge is 0.150 e. The fourth-order valence-corrected chi connectivity index (χ4v) is 5.43. The van der Waals surface area contributed by atoms with Crippen molar-refractivity contribution in [1.82, 2.24) is 0 Å². The molecule has 2 nitrogen and oxygen atoms in total. The molecule has 34 heavy (non-hydrogen) atoms. The first-order valence-electron chi connectivity index (χ1n) is 11.2. The summed E-state index contributed by atoms with van der Waals surface area (Å²) in [6.45, 7) is 0. The third-order valence-electron chi connectivity index (χ3n) is 6.10. The number of nitrogens with zero attached hydrogens (tertiary/aromatic N) is 1. The van der Waals surface area contributed by atoms with Gasteiger partial charge in [0, 0.05) is 21.8 Å². The fraction of sp³-hybridized carbons (Fsp3) is 0. The molecule has 0 atom stereocenters. The minimum absolute atomic E-state index is 0.701. The van der Waals surface area contributed by atoms with Gasteiger partial charge in [0.05, 0.1) is 0 Å². The monoisotopic (exact) mass is 455 g/mol. The summed E-state index contributed by atoms with van der Waals surface area (Å²) in [5.74, 6) is 0. The van der Waals surface area contributed by atoms with Crippen molar-refractivity contribution in [3.8, 4) is 10.4 Å². The van der Waals surface area contributed by atoms with E-state index in [1.807, 2.05) is 24.3 Å². The van der Waals surface area contributed by atoms with Gasteiger partial charge in [-0.3, -0.25) is 4.79 Å². The lowest BCUT2D eigenvalue weighted by Gasteiger charge is -2.24. The summed E-state index contributed by atoms with van der Waals surface area (Å²) < 4.78 is 0. The average Bonchev–Trinajstić information content (AvgIpc) is 3.38. The molecular formula is C31H21NOS. The van der Waals surface area contributed by atoms with Crippen LogP contribution in [0.2, 0.25) is 0 Å². The molecule has 0 N–H and O–H groups in total. The number of thiophene rings is 1. The third kappa shape index (κ3) is 3.76. The normalized spacial score (nSPS) is 11.1. The molecule has 6 rings (SSSR count). The average molecular weight is 456 g/mol. The molecule has 0 saturated carbocycles. The van der Waals surface area contributed by atoms with Crippen LogP contribution >= 0.6 is 11.3 Å². The van der Waals surface area contributed by atoms with Crippen LogP contribution in [-0.4, -0.2) is 6.29 Å². The molecule has 5 aromatic carbocycles. The fourth-order valence-electron chi connectivity index (χ4n) is 4.39. The number of hydrogen-bond donors (Lipinski definition) is 0. The van der Waals surface area contributed by atoms with E-state index in [-0.39, 0.29) is 0 Å². The van der Waals surface area contributed by atoms with Crippen LogP contribution in [0.4, 0.5) is 16.4 Å². The molecule has 0 aliphatic carbocycles. The summed E-state index contributed by atoms with van der Waals surface area (Å²) in [6, 6.07) is 42.2. The Morgan fingerprint density at radius 3 is 2.12 bits per heavy atom. The Morgan fingerprint density at radius 2 is 1.26 bits per heavy atom. The molecule has 0 bridgehead atoms. The van der Waals surface area contributed by atoms with Gasteiger partial charge in [-0.15, -0.1) is 11.3 Å². The Kier molecular flexibility index (Phi) is 5.17. The highest BCUT2D eigenvalue weighted by molar-refractivity contribution is 7.19. The Bertz CT molecular complexity index is 1630. The molecule has 0 aliphatic heterocycles. The van der Waals surface area contributed by atoms with Gasteiger partial charge in [-0.25, -0.2) is 0 Å². The van der Waals surface area contributed by atoms with E-state index in [0.29, 0.717) is 5.56 Å². The maximum absolute atomic E-state index is 11.1. The summed E-state index contributed by atoms with van der Waals surface area (Å²) in [4.78, 5) is 14.6. The summed E-state index contributed by atoms with van der Waals surface area (Å²) in [6.07, 6.45) is 0.893. The van der Waals surface area contributed by atoms with Crippen molar-refractivity contribution < 1.29 is 4.79 Å². The summed E-state index contributed by atoms with van der Waals surface area (Å²) in [5.41, 5.74) is 4.14. The maximum Gasteiger partial charge on any atom is 0.150 e. The molecule has 0 saturated heterocycles. The van der Waals surface area contributed by atoms with Crippen LogP contribution in [-0.2, 0) is 0 Å². The van der Waals surface area contributed by atoms with Crippen molar-refractivity contribution in [2.24, 2.45) is 0 Å². The molecule has 0 aliphatic rings. The quantitative estimate of drug-likeness (QED) is 0.242. The van der Waals surface area contributed by atoms with Gasteiger partial charge in [0.15, 0.2) is 0 Å². The molecule has 0 amide bonds. The Morgan fingerprint density at radius 1 is 0.559 bits per heavy atom. The molecule has 1 aromatic heterocycles. The van der Waals surface area contributed by atoms with Gasteiger partial charge in [0.1, 0.15) is 11.3 Å². The van der Waals surface area contributed by atoms with Crippen molar-refractivity contribution in [2.75, 3.05) is 4.90 Å². The second kappa shape index (κ2) is 8.62. The molecule has 0 spiro atoms. The first-order valence-corrected chi connectivity index (χ1v) is 12.0. The Hall–Kier alpha value is -4.21. The van der Waals surface area contributed by atoms with Crippen molar-refractivity contribution in [3.63, 3.8) is 0 Å². The number of aldehydes is 1. The zero-order chi connectivity index (χ0) is 22.9. The van der Waals surface area contributed by atoms with Crippen LogP contribution in [0.15, 0.2) is 121 Å². The SMILES string of the molecule is O=Cc1ccc2cc(-c3ccc(N(c4ccccc4)c4ccc5ccccc5c4)s3)ccc2c1. The summed E-state index contributed by atoms with van der Waals surface area (Å²) in [7, 11) is 0. The van der Waals surface area contributed by atoms with Crippen molar-refractivity contribution in [2.45, 2.75) is 0 Å². The zero-order valence-corrected chi connectivity index (χ0v) is 19.2. The van der Waals surface area contributed by atoms with Gasteiger partial charge in [0.2, 0.25) is 0 Å². The minimum Gasteiger partial charge on any atom is -0.302 e. The molecular weight excluding hydrogens is 434 g/mol. The van der Waals surface area contributed by atoms with Crippen molar-refractivity contribution >= 4 is 55.5 Å². The largest absolute Gasteiger partial charge is 0.302 e. The first-order chi connectivity index (χ1) is 16.8. The molecule has 0 fully saturated rings. The second-order valence-electron chi connectivity index (χ2n) is 8.28. The van der Waals surface area contributed by atoms with Crippen LogP contribution < -0.4 is 4.90 Å². The Labute approximate surface area is 202 Å². The van der Waals surface area contributed by atoms with Crippen molar-refractivity contribution in [1.29, 1.82) is 0 Å². The van der Waals surface area contributed by atoms with Gasteiger partial charge < -0.3 is 4.90 Å². The van der Waals surface area contributed by atoms with Gasteiger partial charge in [-0.2, -0.15) is 0 Å². The van der Waals surface area contributed by atoms with E-state index in [1.165, 1.54) is 21.2 Å². The lowest BCUT2D eigenvalue weighted by Crippen LogP contribution is -2.07. The molecule has 3 heteroatoms. The molecule has 0 unspecified atom stereocenters. The highest BCUT2D eigenvalue weighted by Gasteiger charge is 2.16. The van der Waals surface area contributed by atoms with E-state index in [9.17, 15) is 4.79 Å². The van der Waals surface area contributed by atoms with E-state index >= 15 is 0 Å². The lowest BCUT2D eigenvalue weighted by molar-refractivity contribution is 0.112. The molecule has 6 aromatic rings. The predicted molar refractivity (Wildman–Crippen MR) is 145 cm³/mol. The lowest BCUT2D eigenvalue weighted by atomic mass is 10.0. The number of para-hydroxylation sites is 1. The van der Waals surface area contributed by atoms with Crippen LogP contribution in [0.5, 0.6) is 0 Å². The predicted octanol–water partition coefficient (Wildman–Crippen LogP) is 9.00. The number of carbonyl (C=O) groups excluding carboxylic acids is 1. The summed E-state index contributed by atoms with van der Waals surface area (Å²) in [5, 5.41) is 5.83. The first kappa shape index (κ1) is 20.4. The van der Waals surface area contributed by atoms with Gasteiger partial charge in [0.25, 0.3) is 0 Å². The van der Waals surface area contributed by atoms with Crippen LogP contribution in [0.25, 0.3) is 32.0 Å². The third-order valence-corrected chi connectivity index (χ3v) is 7.22. The highest BCUT2D eigenvalue weighted by Crippen LogP contribution is 2.42. The van der Waals surface area contributed by atoms with E-state index in [0.717, 1.165) is 33.4 Å². The minimum atomic E-state index is 0.701. The van der Waals surface area contributed by atoms with Crippen LogP contribution in [0, 0.1) is 0 Å². The van der Waals surface area contributed by atoms with Gasteiger partial charge >= 0.3 is 0 Å². The number of benzene rings is 5. The van der Waals surface area contributed by atoms with Crippen molar-refractivity contribution in [3.05, 3.63) is 127 Å². The maximum atomic E-state index is 11.1. The van der Waals surface area contributed by atoms with Gasteiger partial charge in [-0.1, -0.05) is 72.8 Å². The second-order valence-corrected chi connectivity index (χ2v) is 9.34. The zero-order valence-electron chi connectivity index (χ0n) is 18.4. The van der Waals surface area contributed by atoms with E-state index in [4.69, 9.17) is 0 Å². The Balaban J connectivity index is 1.44. The topological polar surface area (TPSA) is 20.3 Å². The number of carbonyl (C=O) groups is 1. The molecule has 1 heterocycles. The van der Waals surface area contributed by atoms with Crippen LogP contribution in [0.3, 0.4) is 0 Å². The van der Waals surface area contributed by atoms with Crippen LogP contribution in [0.1, 0.15) is 10.4 Å². The number of hydrogen-bond acceptors (Lipinski definition) is 3. The molecule has 162 valence electrons. The van der Waals surface area contributed by atoms with E-state index < -0.39 is 0 Å². The van der Waals surface area contributed by atoms with E-state index in [2.05, 4.69) is 102 Å². The molecule has 0 radical (unpaired) electrons.